The summed E-state index contributed by atoms with van der Waals surface area (Å²) in [5.41, 5.74) is 1.18. The number of hydrogen-bond donors (Lipinski definition) is 0. The molecule has 2 fully saturated rings. The molecule has 2 aliphatic rings. The monoisotopic (exact) mass is 359 g/mol. The lowest BCUT2D eigenvalue weighted by Gasteiger charge is -2.47. The van der Waals surface area contributed by atoms with E-state index in [0.717, 1.165) is 57.6 Å². The maximum atomic E-state index is 12.4. The Hall–Kier alpha value is -1.95. The van der Waals surface area contributed by atoms with E-state index < -0.39 is 0 Å². The van der Waals surface area contributed by atoms with E-state index >= 15 is 0 Å². The Kier molecular flexibility index (Phi) is 5.91. The summed E-state index contributed by atoms with van der Waals surface area (Å²) in [4.78, 5) is 32.9. The summed E-state index contributed by atoms with van der Waals surface area (Å²) in [5.74, 6) is 0.319. The van der Waals surface area contributed by atoms with E-state index in [-0.39, 0.29) is 23.3 Å². The highest BCUT2D eigenvalue weighted by Crippen LogP contribution is 2.40. The number of methoxy groups -OCH3 is 1. The quantitative estimate of drug-likeness (QED) is 0.805. The molecule has 26 heavy (non-hydrogen) atoms. The second-order valence-electron chi connectivity index (χ2n) is 7.59. The molecule has 6 nitrogen and oxygen atoms in total. The van der Waals surface area contributed by atoms with Crippen molar-refractivity contribution in [3.05, 3.63) is 30.1 Å². The number of nitrogens with zero attached hydrogens (tertiary/aromatic N) is 3. The highest BCUT2D eigenvalue weighted by molar-refractivity contribution is 5.80. The Balaban J connectivity index is 1.56. The number of ether oxygens (including phenoxy) is 1. The second kappa shape index (κ2) is 8.16. The summed E-state index contributed by atoms with van der Waals surface area (Å²) < 4.78 is 5.16. The third-order valence-corrected chi connectivity index (χ3v) is 5.95. The lowest BCUT2D eigenvalue weighted by Crippen LogP contribution is -2.53. The summed E-state index contributed by atoms with van der Waals surface area (Å²) in [6, 6.07) is 5.89. The van der Waals surface area contributed by atoms with Crippen molar-refractivity contribution >= 4 is 11.8 Å². The van der Waals surface area contributed by atoms with E-state index in [9.17, 15) is 9.59 Å². The molecule has 2 aliphatic heterocycles. The van der Waals surface area contributed by atoms with Crippen molar-refractivity contribution in [3.8, 4) is 0 Å². The van der Waals surface area contributed by atoms with Crippen LogP contribution in [0.2, 0.25) is 0 Å². The molecule has 142 valence electrons. The van der Waals surface area contributed by atoms with Crippen LogP contribution in [-0.2, 0) is 20.7 Å². The summed E-state index contributed by atoms with van der Waals surface area (Å²) >= 11 is 0. The fourth-order valence-electron chi connectivity index (χ4n) is 4.07. The fraction of sp³-hybridized carbons (Fsp3) is 0.650. The molecule has 1 aromatic rings. The molecule has 3 heterocycles. The Labute approximate surface area is 155 Å². The van der Waals surface area contributed by atoms with Crippen molar-refractivity contribution < 1.29 is 14.3 Å². The normalized spacial score (nSPS) is 21.1. The molecule has 0 saturated carbocycles. The molecule has 0 N–H and O–H groups in total. The molecule has 2 saturated heterocycles. The number of carbonyl (C=O) groups excluding carboxylic acids is 2. The Morgan fingerprint density at radius 1 is 1.31 bits per heavy atom. The van der Waals surface area contributed by atoms with Crippen molar-refractivity contribution in [1.82, 2.24) is 14.8 Å². The lowest BCUT2D eigenvalue weighted by atomic mass is 9.72. The largest absolute Gasteiger partial charge is 0.372 e. The van der Waals surface area contributed by atoms with Crippen molar-refractivity contribution in [2.75, 3.05) is 33.3 Å². The summed E-state index contributed by atoms with van der Waals surface area (Å²) in [7, 11) is 1.57. The first-order valence-corrected chi connectivity index (χ1v) is 9.52. The second-order valence-corrected chi connectivity index (χ2v) is 7.59. The number of rotatable bonds is 5. The fourth-order valence-corrected chi connectivity index (χ4v) is 4.07. The number of hydrogen-bond acceptors (Lipinski definition) is 4. The molecule has 2 amide bonds. The van der Waals surface area contributed by atoms with E-state index in [0.29, 0.717) is 6.42 Å². The van der Waals surface area contributed by atoms with Crippen LogP contribution in [0.25, 0.3) is 0 Å². The van der Waals surface area contributed by atoms with Crippen molar-refractivity contribution in [2.45, 2.75) is 45.1 Å². The first-order valence-electron chi connectivity index (χ1n) is 9.52. The van der Waals surface area contributed by atoms with Crippen LogP contribution in [0.15, 0.2) is 24.4 Å². The van der Waals surface area contributed by atoms with Gasteiger partial charge in [0.2, 0.25) is 5.91 Å². The topological polar surface area (TPSA) is 62.7 Å². The SMILES string of the molecule is CO[C@@H](C)C(=O)N1CCC2(CCC(=O)N(CCc3ccccn3)C2)CC1. The van der Waals surface area contributed by atoms with Crippen LogP contribution in [0.4, 0.5) is 0 Å². The molecule has 0 radical (unpaired) electrons. The van der Waals surface area contributed by atoms with Gasteiger partial charge in [0.25, 0.3) is 5.91 Å². The molecule has 0 aromatic carbocycles. The van der Waals surface area contributed by atoms with Gasteiger partial charge < -0.3 is 14.5 Å². The summed E-state index contributed by atoms with van der Waals surface area (Å²) in [6.45, 7) is 4.84. The van der Waals surface area contributed by atoms with E-state index in [1.54, 1.807) is 20.2 Å². The highest BCUT2D eigenvalue weighted by atomic mass is 16.5. The maximum absolute atomic E-state index is 12.4. The van der Waals surface area contributed by atoms with Crippen LogP contribution >= 0.6 is 0 Å². The van der Waals surface area contributed by atoms with Gasteiger partial charge in [-0.2, -0.15) is 0 Å². The number of amides is 2. The minimum atomic E-state index is -0.383. The van der Waals surface area contributed by atoms with Crippen LogP contribution in [0.5, 0.6) is 0 Å². The van der Waals surface area contributed by atoms with Crippen molar-refractivity contribution in [2.24, 2.45) is 5.41 Å². The van der Waals surface area contributed by atoms with E-state index in [2.05, 4.69) is 4.98 Å². The van der Waals surface area contributed by atoms with Crippen LogP contribution < -0.4 is 0 Å². The van der Waals surface area contributed by atoms with Gasteiger partial charge in [0.15, 0.2) is 0 Å². The number of carbonyl (C=O) groups is 2. The third kappa shape index (κ3) is 4.23. The van der Waals surface area contributed by atoms with Gasteiger partial charge in [-0.15, -0.1) is 0 Å². The number of piperidine rings is 2. The lowest BCUT2D eigenvalue weighted by molar-refractivity contribution is -0.147. The smallest absolute Gasteiger partial charge is 0.251 e. The average molecular weight is 359 g/mol. The molecular weight excluding hydrogens is 330 g/mol. The van der Waals surface area contributed by atoms with Gasteiger partial charge in [0.05, 0.1) is 0 Å². The number of likely N-dealkylation sites (tertiary alicyclic amines) is 2. The molecule has 1 atom stereocenters. The molecule has 0 unspecified atom stereocenters. The van der Waals surface area contributed by atoms with Crippen LogP contribution in [0.1, 0.15) is 38.3 Å². The predicted molar refractivity (Wildman–Crippen MR) is 98.5 cm³/mol. The van der Waals surface area contributed by atoms with Gasteiger partial charge in [0, 0.05) is 58.0 Å². The van der Waals surface area contributed by atoms with E-state index in [1.807, 2.05) is 28.0 Å². The number of aromatic nitrogens is 1. The van der Waals surface area contributed by atoms with Crippen LogP contribution in [0.3, 0.4) is 0 Å². The molecule has 1 spiro atoms. The molecule has 6 heteroatoms. The van der Waals surface area contributed by atoms with Gasteiger partial charge in [0.1, 0.15) is 6.10 Å². The standard InChI is InChI=1S/C20H29N3O3/c1-16(26-2)19(25)22-13-9-20(10-14-22)8-6-18(24)23(15-20)12-7-17-5-3-4-11-21-17/h3-5,11,16H,6-10,12-15H2,1-2H3/t16-/m0/s1. The molecular formula is C20H29N3O3. The zero-order chi connectivity index (χ0) is 18.6. The Morgan fingerprint density at radius 3 is 2.73 bits per heavy atom. The first-order chi connectivity index (χ1) is 12.5. The minimum absolute atomic E-state index is 0.0706. The van der Waals surface area contributed by atoms with Crippen molar-refractivity contribution in [3.63, 3.8) is 0 Å². The van der Waals surface area contributed by atoms with Crippen LogP contribution in [0, 0.1) is 5.41 Å². The Bertz CT molecular complexity index is 626. The zero-order valence-corrected chi connectivity index (χ0v) is 15.8. The Morgan fingerprint density at radius 2 is 2.08 bits per heavy atom. The molecule has 0 aliphatic carbocycles. The van der Waals surface area contributed by atoms with Gasteiger partial charge in [-0.05, 0) is 43.7 Å². The van der Waals surface area contributed by atoms with E-state index in [1.165, 1.54) is 0 Å². The highest BCUT2D eigenvalue weighted by Gasteiger charge is 2.41. The van der Waals surface area contributed by atoms with Gasteiger partial charge in [-0.1, -0.05) is 6.07 Å². The van der Waals surface area contributed by atoms with Gasteiger partial charge in [-0.3, -0.25) is 14.6 Å². The van der Waals surface area contributed by atoms with Gasteiger partial charge >= 0.3 is 0 Å². The number of pyridine rings is 1. The van der Waals surface area contributed by atoms with Crippen molar-refractivity contribution in [1.29, 1.82) is 0 Å². The maximum Gasteiger partial charge on any atom is 0.251 e. The first kappa shape index (κ1) is 18.8. The molecule has 1 aromatic heterocycles. The summed E-state index contributed by atoms with van der Waals surface area (Å²) in [6.07, 6.45) is 5.68. The zero-order valence-electron chi connectivity index (χ0n) is 15.8. The molecule has 3 rings (SSSR count). The predicted octanol–water partition coefficient (Wildman–Crippen LogP) is 1.89. The van der Waals surface area contributed by atoms with Gasteiger partial charge in [-0.25, -0.2) is 0 Å². The summed E-state index contributed by atoms with van der Waals surface area (Å²) in [5, 5.41) is 0. The van der Waals surface area contributed by atoms with E-state index in [4.69, 9.17) is 4.74 Å². The average Bonchev–Trinajstić information content (AvgIpc) is 2.69. The van der Waals surface area contributed by atoms with Crippen LogP contribution in [-0.4, -0.2) is 66.0 Å². The minimum Gasteiger partial charge on any atom is -0.372 e. The molecule has 0 bridgehead atoms. The third-order valence-electron chi connectivity index (χ3n) is 5.95.